The molecule has 0 saturated carbocycles. The van der Waals surface area contributed by atoms with Crippen molar-refractivity contribution in [2.24, 2.45) is 0 Å². The second kappa shape index (κ2) is 5.33. The van der Waals surface area contributed by atoms with Crippen molar-refractivity contribution in [3.05, 3.63) is 45.7 Å². The molecule has 0 bridgehead atoms. The number of rotatable bonds is 3. The molecule has 1 aromatic heterocycles. The number of anilines is 1. The van der Waals surface area contributed by atoms with E-state index in [1.807, 2.05) is 6.07 Å². The minimum atomic E-state index is 0.230. The Morgan fingerprint density at radius 2 is 2.18 bits per heavy atom. The highest BCUT2D eigenvalue weighted by molar-refractivity contribution is 9.10. The van der Waals surface area contributed by atoms with Crippen molar-refractivity contribution in [3.63, 3.8) is 0 Å². The number of nitrogen functional groups attached to an aromatic ring is 1. The van der Waals surface area contributed by atoms with Crippen LogP contribution in [0.4, 0.5) is 5.95 Å². The third-order valence-corrected chi connectivity index (χ3v) is 2.79. The van der Waals surface area contributed by atoms with Crippen LogP contribution in [0, 0.1) is 0 Å². The van der Waals surface area contributed by atoms with E-state index in [4.69, 9.17) is 22.1 Å². The zero-order valence-corrected chi connectivity index (χ0v) is 11.1. The number of hydrogen-bond donors (Lipinski definition) is 1. The van der Waals surface area contributed by atoms with Crippen LogP contribution in [0.3, 0.4) is 0 Å². The Labute approximate surface area is 112 Å². The summed E-state index contributed by atoms with van der Waals surface area (Å²) in [7, 11) is 0. The summed E-state index contributed by atoms with van der Waals surface area (Å²) in [5.41, 5.74) is 6.17. The van der Waals surface area contributed by atoms with Crippen molar-refractivity contribution in [2.75, 3.05) is 5.73 Å². The molecule has 88 valence electrons. The summed E-state index contributed by atoms with van der Waals surface area (Å²) < 4.78 is 6.44. The van der Waals surface area contributed by atoms with E-state index in [-0.39, 0.29) is 5.95 Å². The van der Waals surface area contributed by atoms with Crippen LogP contribution < -0.4 is 10.5 Å². The van der Waals surface area contributed by atoms with Crippen molar-refractivity contribution < 1.29 is 4.74 Å². The first-order valence-electron chi connectivity index (χ1n) is 4.80. The van der Waals surface area contributed by atoms with E-state index in [1.54, 1.807) is 24.4 Å². The molecule has 0 radical (unpaired) electrons. The molecule has 2 aromatic rings. The first-order valence-corrected chi connectivity index (χ1v) is 5.97. The molecule has 0 unspecified atom stereocenters. The third kappa shape index (κ3) is 3.31. The van der Waals surface area contributed by atoms with Crippen LogP contribution in [-0.2, 0) is 6.61 Å². The summed E-state index contributed by atoms with van der Waals surface area (Å²) in [5.74, 6) is 0.833. The quantitative estimate of drug-likeness (QED) is 0.946. The highest BCUT2D eigenvalue weighted by Crippen LogP contribution is 2.28. The predicted molar refractivity (Wildman–Crippen MR) is 69.9 cm³/mol. The first kappa shape index (κ1) is 12.1. The number of halogens is 2. The predicted octanol–water partition coefficient (Wildman–Crippen LogP) is 3.05. The molecular weight excluding hydrogens is 305 g/mol. The summed E-state index contributed by atoms with van der Waals surface area (Å²) in [4.78, 5) is 7.83. The molecule has 0 saturated heterocycles. The Morgan fingerprint density at radius 1 is 1.35 bits per heavy atom. The summed E-state index contributed by atoms with van der Waals surface area (Å²) in [6, 6.07) is 7.15. The van der Waals surface area contributed by atoms with Gasteiger partial charge in [-0.25, -0.2) is 9.97 Å². The second-order valence-corrected chi connectivity index (χ2v) is 4.59. The SMILES string of the molecule is Nc1nccc(COc2ccc(Br)cc2Cl)n1. The minimum Gasteiger partial charge on any atom is -0.486 e. The fourth-order valence-corrected chi connectivity index (χ4v) is 1.97. The van der Waals surface area contributed by atoms with E-state index >= 15 is 0 Å². The number of benzene rings is 1. The Balaban J connectivity index is 2.07. The third-order valence-electron chi connectivity index (χ3n) is 2.00. The van der Waals surface area contributed by atoms with Crippen LogP contribution in [0.1, 0.15) is 5.69 Å². The smallest absolute Gasteiger partial charge is 0.220 e. The molecule has 0 aliphatic carbocycles. The van der Waals surface area contributed by atoms with Gasteiger partial charge in [0.2, 0.25) is 5.95 Å². The molecular formula is C11H9BrClN3O. The Bertz CT molecular complexity index is 536. The van der Waals surface area contributed by atoms with Crippen molar-refractivity contribution in [3.8, 4) is 5.75 Å². The summed E-state index contributed by atoms with van der Waals surface area (Å²) >= 11 is 9.34. The standard InChI is InChI=1S/C11H9BrClN3O/c12-7-1-2-10(9(13)5-7)17-6-8-3-4-15-11(14)16-8/h1-5H,6H2,(H2,14,15,16). The van der Waals surface area contributed by atoms with E-state index in [0.29, 0.717) is 23.1 Å². The van der Waals surface area contributed by atoms with Gasteiger partial charge in [0.1, 0.15) is 12.4 Å². The molecule has 0 aliphatic rings. The molecule has 6 heteroatoms. The van der Waals surface area contributed by atoms with Gasteiger partial charge in [0.05, 0.1) is 10.7 Å². The number of ether oxygens (including phenoxy) is 1. The number of hydrogen-bond acceptors (Lipinski definition) is 4. The minimum absolute atomic E-state index is 0.230. The van der Waals surface area contributed by atoms with Crippen LogP contribution in [-0.4, -0.2) is 9.97 Å². The Morgan fingerprint density at radius 3 is 2.88 bits per heavy atom. The zero-order chi connectivity index (χ0) is 12.3. The fraction of sp³-hybridized carbons (Fsp3) is 0.0909. The van der Waals surface area contributed by atoms with Gasteiger partial charge in [-0.15, -0.1) is 0 Å². The van der Waals surface area contributed by atoms with Gasteiger partial charge in [-0.2, -0.15) is 0 Å². The fourth-order valence-electron chi connectivity index (χ4n) is 1.24. The van der Waals surface area contributed by atoms with Gasteiger partial charge < -0.3 is 10.5 Å². The molecule has 4 nitrogen and oxygen atoms in total. The van der Waals surface area contributed by atoms with Crippen LogP contribution in [0.15, 0.2) is 34.9 Å². The average molecular weight is 315 g/mol. The second-order valence-electron chi connectivity index (χ2n) is 3.27. The first-order chi connectivity index (χ1) is 8.15. The maximum Gasteiger partial charge on any atom is 0.220 e. The van der Waals surface area contributed by atoms with Gasteiger partial charge in [-0.05, 0) is 24.3 Å². The van der Waals surface area contributed by atoms with Crippen LogP contribution in [0.5, 0.6) is 5.75 Å². The molecule has 0 aliphatic heterocycles. The van der Waals surface area contributed by atoms with E-state index in [2.05, 4.69) is 25.9 Å². The van der Waals surface area contributed by atoms with Gasteiger partial charge >= 0.3 is 0 Å². The maximum absolute atomic E-state index is 6.01. The van der Waals surface area contributed by atoms with E-state index in [1.165, 1.54) is 0 Å². The monoisotopic (exact) mass is 313 g/mol. The molecule has 1 heterocycles. The lowest BCUT2D eigenvalue weighted by atomic mass is 10.3. The summed E-state index contributed by atoms with van der Waals surface area (Å²) in [6.07, 6.45) is 1.59. The maximum atomic E-state index is 6.01. The Hall–Kier alpha value is -1.33. The van der Waals surface area contributed by atoms with Crippen LogP contribution >= 0.6 is 27.5 Å². The lowest BCUT2D eigenvalue weighted by molar-refractivity contribution is 0.301. The molecule has 0 amide bonds. The van der Waals surface area contributed by atoms with Gasteiger partial charge in [-0.1, -0.05) is 27.5 Å². The lowest BCUT2D eigenvalue weighted by Crippen LogP contribution is -2.02. The van der Waals surface area contributed by atoms with Crippen LogP contribution in [0.2, 0.25) is 5.02 Å². The highest BCUT2D eigenvalue weighted by atomic mass is 79.9. The van der Waals surface area contributed by atoms with Crippen molar-refractivity contribution in [1.82, 2.24) is 9.97 Å². The van der Waals surface area contributed by atoms with Gasteiger partial charge in [0.15, 0.2) is 0 Å². The van der Waals surface area contributed by atoms with Crippen molar-refractivity contribution in [1.29, 1.82) is 0 Å². The van der Waals surface area contributed by atoms with E-state index in [9.17, 15) is 0 Å². The Kier molecular flexibility index (Phi) is 3.81. The molecule has 0 fully saturated rings. The van der Waals surface area contributed by atoms with Gasteiger partial charge in [-0.3, -0.25) is 0 Å². The van der Waals surface area contributed by atoms with Crippen LogP contribution in [0.25, 0.3) is 0 Å². The molecule has 17 heavy (non-hydrogen) atoms. The zero-order valence-electron chi connectivity index (χ0n) is 8.73. The number of aromatic nitrogens is 2. The van der Waals surface area contributed by atoms with Crippen molar-refractivity contribution in [2.45, 2.75) is 6.61 Å². The van der Waals surface area contributed by atoms with E-state index < -0.39 is 0 Å². The molecule has 2 N–H and O–H groups in total. The number of nitrogens with zero attached hydrogens (tertiary/aromatic N) is 2. The van der Waals surface area contributed by atoms with E-state index in [0.717, 1.165) is 4.47 Å². The molecule has 0 atom stereocenters. The summed E-state index contributed by atoms with van der Waals surface area (Å²) in [6.45, 7) is 0.300. The molecule has 0 spiro atoms. The molecule has 1 aromatic carbocycles. The number of nitrogens with two attached hydrogens (primary N) is 1. The van der Waals surface area contributed by atoms with Crippen molar-refractivity contribution >= 4 is 33.5 Å². The largest absolute Gasteiger partial charge is 0.486 e. The average Bonchev–Trinajstić information content (AvgIpc) is 2.28. The topological polar surface area (TPSA) is 61.0 Å². The lowest BCUT2D eigenvalue weighted by Gasteiger charge is -2.07. The normalized spacial score (nSPS) is 10.2. The summed E-state index contributed by atoms with van der Waals surface area (Å²) in [5, 5.41) is 0.543. The molecule has 2 rings (SSSR count). The highest BCUT2D eigenvalue weighted by Gasteiger charge is 2.03. The van der Waals surface area contributed by atoms with Gasteiger partial charge in [0, 0.05) is 10.7 Å². The van der Waals surface area contributed by atoms with Gasteiger partial charge in [0.25, 0.3) is 0 Å².